The van der Waals surface area contributed by atoms with Crippen molar-refractivity contribution in [2.24, 2.45) is 0 Å². The highest BCUT2D eigenvalue weighted by molar-refractivity contribution is 5.36. The van der Waals surface area contributed by atoms with Crippen molar-refractivity contribution in [2.75, 3.05) is 6.61 Å². The maximum Gasteiger partial charge on any atom is 0.104 e. The molecule has 0 bridgehead atoms. The van der Waals surface area contributed by atoms with E-state index in [0.29, 0.717) is 6.61 Å². The predicted octanol–water partition coefficient (Wildman–Crippen LogP) is 3.31. The van der Waals surface area contributed by atoms with Gasteiger partial charge in [-0.1, -0.05) is 54.3 Å². The van der Waals surface area contributed by atoms with Crippen molar-refractivity contribution in [1.82, 2.24) is 0 Å². The lowest BCUT2D eigenvalue weighted by molar-refractivity contribution is 0.0525. The molecule has 0 heterocycles. The van der Waals surface area contributed by atoms with Gasteiger partial charge in [-0.05, 0) is 30.2 Å². The molecule has 0 aliphatic carbocycles. The van der Waals surface area contributed by atoms with Crippen molar-refractivity contribution in [2.45, 2.75) is 19.6 Å². The van der Waals surface area contributed by atoms with Gasteiger partial charge in [0.05, 0.1) is 12.7 Å². The third-order valence-corrected chi connectivity index (χ3v) is 3.03. The Balaban J connectivity index is 1.91. The van der Waals surface area contributed by atoms with Gasteiger partial charge in [-0.3, -0.25) is 0 Å². The number of benzene rings is 2. The van der Waals surface area contributed by atoms with Crippen LogP contribution in [-0.2, 0) is 11.3 Å². The maximum absolute atomic E-state index is 8.64. The minimum atomic E-state index is -0.112. The van der Waals surface area contributed by atoms with Gasteiger partial charge in [-0.2, -0.15) is 0 Å². The Labute approximate surface area is 120 Å². The summed E-state index contributed by atoms with van der Waals surface area (Å²) < 4.78 is 5.86. The zero-order valence-corrected chi connectivity index (χ0v) is 11.5. The molecule has 0 aliphatic heterocycles. The fourth-order valence-corrected chi connectivity index (χ4v) is 1.87. The lowest BCUT2D eigenvalue weighted by atomic mass is 10.1. The molecule has 0 radical (unpaired) electrons. The van der Waals surface area contributed by atoms with Crippen molar-refractivity contribution < 1.29 is 9.84 Å². The normalized spacial score (nSPS) is 11.5. The second-order valence-electron chi connectivity index (χ2n) is 4.52. The Morgan fingerprint density at radius 1 is 1.05 bits per heavy atom. The topological polar surface area (TPSA) is 29.5 Å². The first-order chi connectivity index (χ1) is 9.79. The van der Waals surface area contributed by atoms with E-state index in [1.165, 1.54) is 5.56 Å². The Morgan fingerprint density at radius 2 is 1.75 bits per heavy atom. The highest BCUT2D eigenvalue weighted by Crippen LogP contribution is 2.18. The molecule has 2 nitrogen and oxygen atoms in total. The van der Waals surface area contributed by atoms with Gasteiger partial charge in [-0.15, -0.1) is 0 Å². The fraction of sp³-hybridized carbons (Fsp3) is 0.222. The van der Waals surface area contributed by atoms with Crippen molar-refractivity contribution in [3.63, 3.8) is 0 Å². The van der Waals surface area contributed by atoms with Crippen LogP contribution in [0, 0.1) is 11.8 Å². The first kappa shape index (κ1) is 14.3. The van der Waals surface area contributed by atoms with Gasteiger partial charge < -0.3 is 9.84 Å². The largest absolute Gasteiger partial charge is 0.384 e. The number of aliphatic hydroxyl groups excluding tert-OH is 1. The van der Waals surface area contributed by atoms with E-state index in [4.69, 9.17) is 9.84 Å². The molecule has 102 valence electrons. The van der Waals surface area contributed by atoms with Crippen LogP contribution in [-0.4, -0.2) is 11.7 Å². The van der Waals surface area contributed by atoms with Crippen molar-refractivity contribution in [3.05, 3.63) is 71.3 Å². The zero-order valence-electron chi connectivity index (χ0n) is 11.5. The Kier molecular flexibility index (Phi) is 5.37. The van der Waals surface area contributed by atoms with Crippen LogP contribution in [0.15, 0.2) is 54.6 Å². The second-order valence-corrected chi connectivity index (χ2v) is 4.52. The summed E-state index contributed by atoms with van der Waals surface area (Å²) in [5.74, 6) is 5.50. The van der Waals surface area contributed by atoms with Crippen LogP contribution < -0.4 is 0 Å². The molecule has 2 aromatic rings. The number of rotatable bonds is 4. The molecule has 2 heteroatoms. The summed E-state index contributed by atoms with van der Waals surface area (Å²) in [6.07, 6.45) is 0.0741. The third kappa shape index (κ3) is 4.24. The number of hydrogen-bond donors (Lipinski definition) is 1. The molecule has 2 aromatic carbocycles. The molecule has 2 rings (SSSR count). The third-order valence-electron chi connectivity index (χ3n) is 3.03. The molecule has 0 aromatic heterocycles. The van der Waals surface area contributed by atoms with Crippen LogP contribution in [0.25, 0.3) is 0 Å². The van der Waals surface area contributed by atoms with Gasteiger partial charge in [-0.25, -0.2) is 0 Å². The lowest BCUT2D eigenvalue weighted by Gasteiger charge is -2.13. The molecule has 0 saturated heterocycles. The van der Waals surface area contributed by atoms with E-state index in [9.17, 15) is 0 Å². The van der Waals surface area contributed by atoms with Gasteiger partial charge in [0.2, 0.25) is 0 Å². The van der Waals surface area contributed by atoms with E-state index >= 15 is 0 Å². The molecule has 0 fully saturated rings. The van der Waals surface area contributed by atoms with E-state index in [0.717, 1.165) is 11.1 Å². The van der Waals surface area contributed by atoms with E-state index in [2.05, 4.69) is 30.9 Å². The summed E-state index contributed by atoms with van der Waals surface area (Å²) in [4.78, 5) is 0. The average Bonchev–Trinajstić information content (AvgIpc) is 2.52. The Morgan fingerprint density at radius 3 is 2.40 bits per heavy atom. The molecular formula is C18H18O2. The second kappa shape index (κ2) is 7.49. The summed E-state index contributed by atoms with van der Waals surface area (Å²) in [5.41, 5.74) is 3.19. The first-order valence-electron chi connectivity index (χ1n) is 6.65. The monoisotopic (exact) mass is 266 g/mol. The molecule has 0 saturated carbocycles. The summed E-state index contributed by atoms with van der Waals surface area (Å²) >= 11 is 0. The summed E-state index contributed by atoms with van der Waals surface area (Å²) in [5, 5.41) is 8.64. The van der Waals surface area contributed by atoms with E-state index < -0.39 is 0 Å². The number of ether oxygens (including phenoxy) is 1. The van der Waals surface area contributed by atoms with Gasteiger partial charge in [0.25, 0.3) is 0 Å². The standard InChI is InChI=1S/C18H18O2/c1-15(18-7-3-2-4-8-18)20-14-17-11-9-16(10-12-17)6-5-13-19/h2-4,7-12,15,19H,13-14H2,1H3. The van der Waals surface area contributed by atoms with E-state index in [1.54, 1.807) is 0 Å². The van der Waals surface area contributed by atoms with Gasteiger partial charge in [0.15, 0.2) is 0 Å². The molecule has 0 spiro atoms. The first-order valence-corrected chi connectivity index (χ1v) is 6.65. The van der Waals surface area contributed by atoms with Crippen molar-refractivity contribution >= 4 is 0 Å². The SMILES string of the molecule is CC(OCc1ccc(C#CCO)cc1)c1ccccc1. The van der Waals surface area contributed by atoms with Crippen molar-refractivity contribution in [3.8, 4) is 11.8 Å². The van der Waals surface area contributed by atoms with Gasteiger partial charge in [0.1, 0.15) is 6.61 Å². The average molecular weight is 266 g/mol. The minimum absolute atomic E-state index is 0.0741. The predicted molar refractivity (Wildman–Crippen MR) is 80.1 cm³/mol. The molecule has 0 aliphatic rings. The quantitative estimate of drug-likeness (QED) is 0.860. The molecule has 20 heavy (non-hydrogen) atoms. The van der Waals surface area contributed by atoms with Crippen LogP contribution in [0.3, 0.4) is 0 Å². The lowest BCUT2D eigenvalue weighted by Crippen LogP contribution is -2.00. The van der Waals surface area contributed by atoms with Crippen LogP contribution in [0.4, 0.5) is 0 Å². The minimum Gasteiger partial charge on any atom is -0.384 e. The van der Waals surface area contributed by atoms with Gasteiger partial charge >= 0.3 is 0 Å². The molecule has 1 N–H and O–H groups in total. The van der Waals surface area contributed by atoms with Crippen molar-refractivity contribution in [1.29, 1.82) is 0 Å². The maximum atomic E-state index is 8.64. The van der Waals surface area contributed by atoms with Crippen LogP contribution in [0.5, 0.6) is 0 Å². The molecule has 0 amide bonds. The highest BCUT2D eigenvalue weighted by atomic mass is 16.5. The number of aliphatic hydroxyl groups is 1. The smallest absolute Gasteiger partial charge is 0.104 e. The summed E-state index contributed by atoms with van der Waals surface area (Å²) in [6, 6.07) is 18.0. The summed E-state index contributed by atoms with van der Waals surface area (Å²) in [6.45, 7) is 2.51. The molecule has 1 atom stereocenters. The molecule has 1 unspecified atom stereocenters. The fourth-order valence-electron chi connectivity index (χ4n) is 1.87. The van der Waals surface area contributed by atoms with E-state index in [-0.39, 0.29) is 12.7 Å². The van der Waals surface area contributed by atoms with Crippen LogP contribution in [0.2, 0.25) is 0 Å². The molecular weight excluding hydrogens is 248 g/mol. The Bertz CT molecular complexity index is 576. The zero-order chi connectivity index (χ0) is 14.2. The van der Waals surface area contributed by atoms with Gasteiger partial charge in [0, 0.05) is 5.56 Å². The van der Waals surface area contributed by atoms with Crippen LogP contribution >= 0.6 is 0 Å². The number of hydrogen-bond acceptors (Lipinski definition) is 2. The van der Waals surface area contributed by atoms with E-state index in [1.807, 2.05) is 42.5 Å². The summed E-state index contributed by atoms with van der Waals surface area (Å²) in [7, 11) is 0. The Hall–Kier alpha value is -2.08. The van der Waals surface area contributed by atoms with Crippen LogP contribution in [0.1, 0.15) is 29.7 Å². The highest BCUT2D eigenvalue weighted by Gasteiger charge is 2.04.